The summed E-state index contributed by atoms with van der Waals surface area (Å²) in [5.41, 5.74) is 2.35. The summed E-state index contributed by atoms with van der Waals surface area (Å²) in [7, 11) is 0. The number of rotatable bonds is 5. The Morgan fingerprint density at radius 2 is 2.16 bits per heavy atom. The maximum absolute atomic E-state index is 11.6. The second kappa shape index (κ2) is 8.00. The lowest BCUT2D eigenvalue weighted by molar-refractivity contribution is 0.244. The molecule has 1 rings (SSSR count). The first-order chi connectivity index (χ1) is 8.99. The number of carbonyl (C=O) groups excluding carboxylic acids is 1. The number of carbonyl (C=O) groups is 1. The molecule has 104 valence electrons. The summed E-state index contributed by atoms with van der Waals surface area (Å²) in [6, 6.07) is 7.93. The zero-order valence-corrected chi connectivity index (χ0v) is 13.3. The average Bonchev–Trinajstić information content (AvgIpc) is 2.36. The monoisotopic (exact) mass is 324 g/mol. The molecule has 0 fully saturated rings. The van der Waals surface area contributed by atoms with Gasteiger partial charge in [-0.3, -0.25) is 0 Å². The fraction of sp³-hybridized carbons (Fsp3) is 0.400. The van der Waals surface area contributed by atoms with Gasteiger partial charge in [-0.1, -0.05) is 47.5 Å². The van der Waals surface area contributed by atoms with E-state index >= 15 is 0 Å². The van der Waals surface area contributed by atoms with Gasteiger partial charge < -0.3 is 10.6 Å². The van der Waals surface area contributed by atoms with E-state index in [-0.39, 0.29) is 6.03 Å². The van der Waals surface area contributed by atoms with Gasteiger partial charge in [-0.25, -0.2) is 4.79 Å². The van der Waals surface area contributed by atoms with Crippen molar-refractivity contribution in [1.29, 1.82) is 0 Å². The molecule has 0 aliphatic heterocycles. The highest BCUT2D eigenvalue weighted by Gasteiger charge is 2.00. The van der Waals surface area contributed by atoms with Crippen LogP contribution in [0.3, 0.4) is 0 Å². The maximum atomic E-state index is 11.6. The van der Waals surface area contributed by atoms with Crippen LogP contribution in [0.15, 0.2) is 40.5 Å². The summed E-state index contributed by atoms with van der Waals surface area (Å²) < 4.78 is 1.06. The smallest absolute Gasteiger partial charge is 0.318 e. The summed E-state index contributed by atoms with van der Waals surface area (Å²) >= 11 is 3.43. The first kappa shape index (κ1) is 15.8. The van der Waals surface area contributed by atoms with Crippen molar-refractivity contribution in [1.82, 2.24) is 10.6 Å². The van der Waals surface area contributed by atoms with Crippen molar-refractivity contribution in [3.8, 4) is 0 Å². The third kappa shape index (κ3) is 6.43. The standard InChI is InChI=1S/C15H21BrN2O/c1-11(2)12(3)10-18-15(19)17-8-7-13-5-4-6-14(16)9-13/h4-6,9-11H,7-8H2,1-3H3,(H2,17,18,19)/b12-10+. The van der Waals surface area contributed by atoms with Gasteiger partial charge in [0.05, 0.1) is 0 Å². The van der Waals surface area contributed by atoms with Crippen molar-refractivity contribution in [2.75, 3.05) is 6.54 Å². The second-order valence-electron chi connectivity index (χ2n) is 4.82. The van der Waals surface area contributed by atoms with Crippen LogP contribution in [0.25, 0.3) is 0 Å². The Kier molecular flexibility index (Phi) is 6.64. The maximum Gasteiger partial charge on any atom is 0.318 e. The number of benzene rings is 1. The lowest BCUT2D eigenvalue weighted by Crippen LogP contribution is -2.33. The summed E-state index contributed by atoms with van der Waals surface area (Å²) in [6.07, 6.45) is 2.58. The number of hydrogen-bond donors (Lipinski definition) is 2. The molecular formula is C15H21BrN2O. The fourth-order valence-electron chi connectivity index (χ4n) is 1.41. The first-order valence-corrected chi connectivity index (χ1v) is 7.24. The van der Waals surface area contributed by atoms with E-state index in [1.54, 1.807) is 6.20 Å². The van der Waals surface area contributed by atoms with E-state index in [0.29, 0.717) is 12.5 Å². The minimum absolute atomic E-state index is 0.157. The zero-order valence-electron chi connectivity index (χ0n) is 11.7. The molecule has 0 aliphatic rings. The van der Waals surface area contributed by atoms with Crippen LogP contribution in [0.1, 0.15) is 26.3 Å². The van der Waals surface area contributed by atoms with Gasteiger partial charge in [0.25, 0.3) is 0 Å². The normalized spacial score (nSPS) is 11.5. The van der Waals surface area contributed by atoms with Crippen LogP contribution < -0.4 is 10.6 Å². The summed E-state index contributed by atoms with van der Waals surface area (Å²) in [5.74, 6) is 0.446. The minimum Gasteiger partial charge on any atom is -0.338 e. The molecule has 0 radical (unpaired) electrons. The van der Waals surface area contributed by atoms with Gasteiger partial charge in [0.2, 0.25) is 0 Å². The molecule has 1 aromatic carbocycles. The quantitative estimate of drug-likeness (QED) is 0.848. The Bertz CT molecular complexity index is 455. The number of amides is 2. The highest BCUT2D eigenvalue weighted by atomic mass is 79.9. The number of urea groups is 1. The summed E-state index contributed by atoms with van der Waals surface area (Å²) in [4.78, 5) is 11.6. The van der Waals surface area contributed by atoms with E-state index in [4.69, 9.17) is 0 Å². The molecule has 0 saturated carbocycles. The molecule has 0 bridgehead atoms. The van der Waals surface area contributed by atoms with Gasteiger partial charge in [-0.2, -0.15) is 0 Å². The van der Waals surface area contributed by atoms with Gasteiger partial charge >= 0.3 is 6.03 Å². The van der Waals surface area contributed by atoms with Gasteiger partial charge in [-0.15, -0.1) is 0 Å². The van der Waals surface area contributed by atoms with Gasteiger partial charge in [0.1, 0.15) is 0 Å². The molecule has 0 unspecified atom stereocenters. The summed E-state index contributed by atoms with van der Waals surface area (Å²) in [5, 5.41) is 5.58. The van der Waals surface area contributed by atoms with E-state index < -0.39 is 0 Å². The first-order valence-electron chi connectivity index (χ1n) is 6.44. The number of nitrogens with one attached hydrogen (secondary N) is 2. The van der Waals surface area contributed by atoms with Crippen LogP contribution in [0.2, 0.25) is 0 Å². The molecule has 19 heavy (non-hydrogen) atoms. The molecule has 3 nitrogen and oxygen atoms in total. The van der Waals surface area contributed by atoms with E-state index in [0.717, 1.165) is 16.5 Å². The average molecular weight is 325 g/mol. The molecular weight excluding hydrogens is 304 g/mol. The van der Waals surface area contributed by atoms with Crippen molar-refractivity contribution < 1.29 is 4.79 Å². The molecule has 0 aromatic heterocycles. The third-order valence-electron chi connectivity index (χ3n) is 2.93. The molecule has 0 aliphatic carbocycles. The van der Waals surface area contributed by atoms with Gasteiger partial charge in [-0.05, 0) is 37.0 Å². The predicted molar refractivity (Wildman–Crippen MR) is 83.0 cm³/mol. The van der Waals surface area contributed by atoms with Gasteiger partial charge in [0, 0.05) is 17.2 Å². The van der Waals surface area contributed by atoms with Crippen LogP contribution >= 0.6 is 15.9 Å². The topological polar surface area (TPSA) is 41.1 Å². The van der Waals surface area contributed by atoms with E-state index in [9.17, 15) is 4.79 Å². The Balaban J connectivity index is 2.30. The van der Waals surface area contributed by atoms with Crippen LogP contribution in [-0.2, 0) is 6.42 Å². The zero-order chi connectivity index (χ0) is 14.3. The molecule has 0 atom stereocenters. The van der Waals surface area contributed by atoms with Crippen molar-refractivity contribution in [3.63, 3.8) is 0 Å². The molecule has 4 heteroatoms. The largest absolute Gasteiger partial charge is 0.338 e. The lowest BCUT2D eigenvalue weighted by atomic mass is 10.1. The van der Waals surface area contributed by atoms with Crippen LogP contribution in [0.5, 0.6) is 0 Å². The highest BCUT2D eigenvalue weighted by Crippen LogP contribution is 2.11. The predicted octanol–water partition coefficient (Wildman–Crippen LogP) is 3.85. The molecule has 0 heterocycles. The van der Waals surface area contributed by atoms with Crippen LogP contribution in [-0.4, -0.2) is 12.6 Å². The van der Waals surface area contributed by atoms with E-state index in [1.807, 2.05) is 25.1 Å². The van der Waals surface area contributed by atoms with Crippen molar-refractivity contribution in [2.24, 2.45) is 5.92 Å². The molecule has 0 spiro atoms. The van der Waals surface area contributed by atoms with Crippen molar-refractivity contribution in [2.45, 2.75) is 27.2 Å². The second-order valence-corrected chi connectivity index (χ2v) is 5.74. The minimum atomic E-state index is -0.157. The number of halogens is 1. The Labute approximate surface area is 123 Å². The van der Waals surface area contributed by atoms with E-state index in [2.05, 4.69) is 46.5 Å². The van der Waals surface area contributed by atoms with Crippen molar-refractivity contribution >= 4 is 22.0 Å². The van der Waals surface area contributed by atoms with Crippen molar-refractivity contribution in [3.05, 3.63) is 46.1 Å². The Morgan fingerprint density at radius 1 is 1.42 bits per heavy atom. The number of hydrogen-bond acceptors (Lipinski definition) is 1. The fourth-order valence-corrected chi connectivity index (χ4v) is 1.86. The van der Waals surface area contributed by atoms with Gasteiger partial charge in [0.15, 0.2) is 0 Å². The molecule has 2 amide bonds. The molecule has 0 saturated heterocycles. The Morgan fingerprint density at radius 3 is 2.79 bits per heavy atom. The van der Waals surface area contributed by atoms with Crippen LogP contribution in [0, 0.1) is 5.92 Å². The highest BCUT2D eigenvalue weighted by molar-refractivity contribution is 9.10. The van der Waals surface area contributed by atoms with Crippen LogP contribution in [0.4, 0.5) is 4.79 Å². The molecule has 2 N–H and O–H groups in total. The SMILES string of the molecule is C/C(=C\NC(=O)NCCc1cccc(Br)c1)C(C)C. The third-order valence-corrected chi connectivity index (χ3v) is 3.42. The number of allylic oxidation sites excluding steroid dienone is 1. The summed E-state index contributed by atoms with van der Waals surface area (Å²) in [6.45, 7) is 6.82. The Hall–Kier alpha value is -1.29. The lowest BCUT2D eigenvalue weighted by Gasteiger charge is -2.08. The van der Waals surface area contributed by atoms with E-state index in [1.165, 1.54) is 5.56 Å². The molecule has 1 aromatic rings.